The lowest BCUT2D eigenvalue weighted by Crippen LogP contribution is -2.29. The van der Waals surface area contributed by atoms with E-state index in [2.05, 4.69) is 22.5 Å². The molecule has 5 rings (SSSR count). The molecule has 0 saturated heterocycles. The molecule has 1 aromatic heterocycles. The minimum atomic E-state index is -0.748. The summed E-state index contributed by atoms with van der Waals surface area (Å²) in [5.41, 5.74) is 1.62. The van der Waals surface area contributed by atoms with E-state index in [0.717, 1.165) is 4.47 Å². The first kappa shape index (κ1) is 24.6. The Morgan fingerprint density at radius 1 is 1.03 bits per heavy atom. The molecule has 188 valence electrons. The van der Waals surface area contributed by atoms with E-state index in [-0.39, 0.29) is 16.8 Å². The Morgan fingerprint density at radius 2 is 1.81 bits per heavy atom. The topological polar surface area (TPSA) is 78.2 Å². The van der Waals surface area contributed by atoms with Crippen molar-refractivity contribution in [3.63, 3.8) is 0 Å². The highest BCUT2D eigenvalue weighted by Gasteiger charge is 2.44. The number of halogens is 1. The summed E-state index contributed by atoms with van der Waals surface area (Å²) in [6, 6.07) is 16.9. The van der Waals surface area contributed by atoms with Gasteiger partial charge in [0.25, 0.3) is 5.91 Å². The fourth-order valence-electron chi connectivity index (χ4n) is 4.52. The third-order valence-electron chi connectivity index (χ3n) is 6.12. The van der Waals surface area contributed by atoms with E-state index in [9.17, 15) is 9.59 Å². The lowest BCUT2D eigenvalue weighted by atomic mass is 9.97. The van der Waals surface area contributed by atoms with E-state index in [0.29, 0.717) is 52.7 Å². The van der Waals surface area contributed by atoms with Gasteiger partial charge in [0.15, 0.2) is 16.9 Å². The van der Waals surface area contributed by atoms with Crippen LogP contribution in [0.1, 0.15) is 34.6 Å². The highest BCUT2D eigenvalue weighted by atomic mass is 79.9. The Labute approximate surface area is 222 Å². The number of fused-ring (bicyclic) bond motifs is 2. The zero-order chi connectivity index (χ0) is 26.1. The van der Waals surface area contributed by atoms with E-state index >= 15 is 0 Å². The highest BCUT2D eigenvalue weighted by Crippen LogP contribution is 2.43. The molecule has 4 aromatic rings. The van der Waals surface area contributed by atoms with Crippen molar-refractivity contribution in [2.75, 3.05) is 25.2 Å². The Hall–Kier alpha value is -4.04. The number of amides is 1. The molecule has 0 radical (unpaired) electrons. The molecule has 1 atom stereocenters. The Morgan fingerprint density at radius 3 is 2.51 bits per heavy atom. The fourth-order valence-corrected chi connectivity index (χ4v) is 4.88. The van der Waals surface area contributed by atoms with E-state index in [1.54, 1.807) is 65.6 Å². The maximum absolute atomic E-state index is 13.8. The minimum absolute atomic E-state index is 0.0182. The fraction of sp³-hybridized carbons (Fsp3) is 0.172. The molecule has 0 aliphatic carbocycles. The summed E-state index contributed by atoms with van der Waals surface area (Å²) < 4.78 is 23.6. The summed E-state index contributed by atoms with van der Waals surface area (Å²) in [6.07, 6.45) is 1.64. The van der Waals surface area contributed by atoms with Gasteiger partial charge in [-0.05, 0) is 67.1 Å². The van der Waals surface area contributed by atoms with Crippen molar-refractivity contribution in [2.24, 2.45) is 0 Å². The van der Waals surface area contributed by atoms with Gasteiger partial charge in [-0.2, -0.15) is 0 Å². The van der Waals surface area contributed by atoms with Crippen LogP contribution in [0.5, 0.6) is 17.2 Å². The monoisotopic (exact) mass is 561 g/mol. The first-order valence-corrected chi connectivity index (χ1v) is 12.5. The van der Waals surface area contributed by atoms with Crippen molar-refractivity contribution in [3.8, 4) is 17.2 Å². The van der Waals surface area contributed by atoms with E-state index in [1.807, 2.05) is 13.0 Å². The van der Waals surface area contributed by atoms with Crippen molar-refractivity contribution < 1.29 is 23.4 Å². The summed E-state index contributed by atoms with van der Waals surface area (Å²) in [5, 5.41) is 0.386. The van der Waals surface area contributed by atoms with Crippen LogP contribution >= 0.6 is 15.9 Å². The number of carbonyl (C=O) groups excluding carboxylic acids is 1. The van der Waals surface area contributed by atoms with Gasteiger partial charge in [0, 0.05) is 10.2 Å². The highest BCUT2D eigenvalue weighted by molar-refractivity contribution is 9.10. The van der Waals surface area contributed by atoms with Crippen LogP contribution in [0.2, 0.25) is 0 Å². The van der Waals surface area contributed by atoms with Crippen LogP contribution in [0.15, 0.2) is 87.0 Å². The SMILES string of the molecule is C=CCOc1ccc(C2c3c(oc4ccc(Br)cc4c3=O)C(=O)N2c2ccc(OCC)cc2)cc1OC. The van der Waals surface area contributed by atoms with Gasteiger partial charge in [-0.1, -0.05) is 34.7 Å². The summed E-state index contributed by atoms with van der Waals surface area (Å²) in [5.74, 6) is 1.29. The van der Waals surface area contributed by atoms with Gasteiger partial charge in [0.1, 0.15) is 17.9 Å². The van der Waals surface area contributed by atoms with Crippen LogP contribution in [0.3, 0.4) is 0 Å². The number of carbonyl (C=O) groups is 1. The molecule has 8 heteroatoms. The van der Waals surface area contributed by atoms with Crippen LogP contribution in [0.25, 0.3) is 11.0 Å². The molecule has 37 heavy (non-hydrogen) atoms. The minimum Gasteiger partial charge on any atom is -0.494 e. The number of nitrogens with zero attached hydrogens (tertiary/aromatic N) is 1. The molecular weight excluding hydrogens is 538 g/mol. The van der Waals surface area contributed by atoms with Gasteiger partial charge in [-0.25, -0.2) is 0 Å². The third kappa shape index (κ3) is 4.38. The van der Waals surface area contributed by atoms with Crippen LogP contribution < -0.4 is 24.5 Å². The predicted octanol–water partition coefficient (Wildman–Crippen LogP) is 6.28. The summed E-state index contributed by atoms with van der Waals surface area (Å²) in [7, 11) is 1.54. The number of rotatable bonds is 8. The maximum Gasteiger partial charge on any atom is 0.295 e. The third-order valence-corrected chi connectivity index (χ3v) is 6.61. The van der Waals surface area contributed by atoms with Crippen LogP contribution in [0.4, 0.5) is 5.69 Å². The van der Waals surface area contributed by atoms with Gasteiger partial charge in [-0.3, -0.25) is 14.5 Å². The molecule has 0 bridgehead atoms. The Balaban J connectivity index is 1.72. The molecule has 2 heterocycles. The van der Waals surface area contributed by atoms with Crippen molar-refractivity contribution in [1.29, 1.82) is 0 Å². The quantitative estimate of drug-likeness (QED) is 0.236. The molecule has 7 nitrogen and oxygen atoms in total. The van der Waals surface area contributed by atoms with Gasteiger partial charge < -0.3 is 18.6 Å². The molecular formula is C29H24BrNO6. The Kier molecular flexibility index (Phi) is 6.76. The zero-order valence-corrected chi connectivity index (χ0v) is 21.9. The van der Waals surface area contributed by atoms with Gasteiger partial charge in [0.05, 0.1) is 30.7 Å². The second-order valence-corrected chi connectivity index (χ2v) is 9.24. The second kappa shape index (κ2) is 10.1. The van der Waals surface area contributed by atoms with Crippen LogP contribution in [-0.2, 0) is 0 Å². The van der Waals surface area contributed by atoms with Crippen LogP contribution in [-0.4, -0.2) is 26.2 Å². The predicted molar refractivity (Wildman–Crippen MR) is 145 cm³/mol. The lowest BCUT2D eigenvalue weighted by Gasteiger charge is -2.26. The molecule has 0 N–H and O–H groups in total. The largest absolute Gasteiger partial charge is 0.494 e. The van der Waals surface area contributed by atoms with Gasteiger partial charge in [0.2, 0.25) is 5.76 Å². The maximum atomic E-state index is 13.8. The van der Waals surface area contributed by atoms with Crippen molar-refractivity contribution in [2.45, 2.75) is 13.0 Å². The molecule has 0 spiro atoms. The van der Waals surface area contributed by atoms with Crippen molar-refractivity contribution in [1.82, 2.24) is 0 Å². The van der Waals surface area contributed by atoms with E-state index in [1.165, 1.54) is 7.11 Å². The summed E-state index contributed by atoms with van der Waals surface area (Å²) in [6.45, 7) is 6.42. The number of hydrogen-bond acceptors (Lipinski definition) is 6. The number of methoxy groups -OCH3 is 1. The molecule has 3 aromatic carbocycles. The molecule has 1 unspecified atom stereocenters. The number of benzene rings is 3. The summed E-state index contributed by atoms with van der Waals surface area (Å²) in [4.78, 5) is 29.2. The number of anilines is 1. The van der Waals surface area contributed by atoms with Crippen molar-refractivity contribution >= 4 is 38.5 Å². The molecule has 0 saturated carbocycles. The molecule has 1 aliphatic rings. The lowest BCUT2D eigenvalue weighted by molar-refractivity contribution is 0.0971. The molecule has 1 aliphatic heterocycles. The first-order valence-electron chi connectivity index (χ1n) is 11.7. The smallest absolute Gasteiger partial charge is 0.295 e. The standard InChI is InChI=1S/C29H24BrNO6/c1-4-14-36-23-12-6-17(15-24(23)34-3)26-25-27(32)21-16-18(30)7-13-22(21)37-28(25)29(33)31(26)19-8-10-20(11-9-19)35-5-2/h4,6-13,15-16,26H,1,5,14H2,2-3H3. The van der Waals surface area contributed by atoms with E-state index < -0.39 is 11.9 Å². The van der Waals surface area contributed by atoms with Crippen molar-refractivity contribution in [3.05, 3.63) is 105 Å². The molecule has 0 fully saturated rings. The normalized spacial score (nSPS) is 14.5. The first-order chi connectivity index (χ1) is 18.0. The second-order valence-electron chi connectivity index (χ2n) is 8.33. The van der Waals surface area contributed by atoms with Crippen LogP contribution in [0, 0.1) is 0 Å². The average molecular weight is 562 g/mol. The Bertz CT molecular complexity index is 1560. The number of hydrogen-bond donors (Lipinski definition) is 0. The van der Waals surface area contributed by atoms with Gasteiger partial charge in [-0.15, -0.1) is 0 Å². The average Bonchev–Trinajstić information content (AvgIpc) is 3.20. The van der Waals surface area contributed by atoms with E-state index in [4.69, 9.17) is 18.6 Å². The molecule has 1 amide bonds. The zero-order valence-electron chi connectivity index (χ0n) is 20.3. The number of ether oxygens (including phenoxy) is 3. The van der Waals surface area contributed by atoms with Gasteiger partial charge >= 0.3 is 0 Å². The summed E-state index contributed by atoms with van der Waals surface area (Å²) >= 11 is 3.43.